The van der Waals surface area contributed by atoms with E-state index < -0.39 is 0 Å². The van der Waals surface area contributed by atoms with E-state index in [2.05, 4.69) is 10.6 Å². The number of hydrogen-bond acceptors (Lipinski definition) is 4. The molecule has 2 N–H and O–H groups in total. The van der Waals surface area contributed by atoms with Crippen molar-refractivity contribution in [2.45, 2.75) is 103 Å². The van der Waals surface area contributed by atoms with Gasteiger partial charge in [-0.05, 0) is 75.5 Å². The fraction of sp³-hybridized carbons (Fsp3) is 0.880. The van der Waals surface area contributed by atoms with Crippen LogP contribution in [0.25, 0.3) is 0 Å². The standard InChI is InChI=1S/C25H42N2O4/c1-3-22(28)8-6-4-5-7-11-31-23(29)18(2)9-10-26-24(30)27-25-15-19-12-20(16-25)14-21(13-19)17-25/h18-21H,3-17H2,1-2H3,(H2,26,27,30). The molecule has 1 atom stereocenters. The van der Waals surface area contributed by atoms with Crippen LogP contribution in [0, 0.1) is 23.7 Å². The Balaban J connectivity index is 1.23. The summed E-state index contributed by atoms with van der Waals surface area (Å²) in [6, 6.07) is -0.0796. The van der Waals surface area contributed by atoms with E-state index in [1.54, 1.807) is 0 Å². The van der Waals surface area contributed by atoms with Crippen molar-refractivity contribution in [3.05, 3.63) is 0 Å². The molecule has 0 heterocycles. The fourth-order valence-electron chi connectivity index (χ4n) is 6.34. The van der Waals surface area contributed by atoms with Crippen LogP contribution >= 0.6 is 0 Å². The summed E-state index contributed by atoms with van der Waals surface area (Å²) < 4.78 is 5.37. The minimum absolute atomic E-state index is 0.0210. The van der Waals surface area contributed by atoms with E-state index in [1.165, 1.54) is 19.3 Å². The van der Waals surface area contributed by atoms with E-state index in [1.807, 2.05) is 13.8 Å². The highest BCUT2D eigenvalue weighted by molar-refractivity contribution is 5.77. The molecule has 4 fully saturated rings. The van der Waals surface area contributed by atoms with Gasteiger partial charge in [-0.1, -0.05) is 26.7 Å². The first kappa shape index (κ1) is 24.1. The van der Waals surface area contributed by atoms with Crippen LogP contribution in [0.2, 0.25) is 0 Å². The molecule has 4 saturated carbocycles. The summed E-state index contributed by atoms with van der Waals surface area (Å²) in [6.07, 6.45) is 13.1. The van der Waals surface area contributed by atoms with Gasteiger partial charge in [0.2, 0.25) is 0 Å². The topological polar surface area (TPSA) is 84.5 Å². The molecule has 1 unspecified atom stereocenters. The molecule has 2 amide bonds. The van der Waals surface area contributed by atoms with Gasteiger partial charge in [0.25, 0.3) is 0 Å². The number of amides is 2. The van der Waals surface area contributed by atoms with E-state index in [0.29, 0.717) is 38.2 Å². The Morgan fingerprint density at radius 3 is 2.19 bits per heavy atom. The number of carbonyl (C=O) groups is 3. The molecule has 31 heavy (non-hydrogen) atoms. The number of esters is 1. The number of unbranched alkanes of at least 4 members (excludes halogenated alkanes) is 3. The Kier molecular flexibility index (Phi) is 8.79. The van der Waals surface area contributed by atoms with Crippen LogP contribution in [0.5, 0.6) is 0 Å². The van der Waals surface area contributed by atoms with Gasteiger partial charge in [0, 0.05) is 24.9 Å². The first-order valence-electron chi connectivity index (χ1n) is 12.6. The number of rotatable bonds is 13. The molecule has 4 rings (SSSR count). The maximum absolute atomic E-state index is 12.5. The van der Waals surface area contributed by atoms with Gasteiger partial charge < -0.3 is 15.4 Å². The number of ketones is 1. The monoisotopic (exact) mass is 434 g/mol. The van der Waals surface area contributed by atoms with Gasteiger partial charge in [-0.15, -0.1) is 0 Å². The largest absolute Gasteiger partial charge is 0.465 e. The molecule has 0 aromatic rings. The van der Waals surface area contributed by atoms with Gasteiger partial charge in [-0.3, -0.25) is 9.59 Å². The number of nitrogens with one attached hydrogen (secondary N) is 2. The zero-order chi connectivity index (χ0) is 22.3. The number of Topliss-reactive ketones (excluding diaryl/α,β-unsaturated/α-hetero) is 1. The molecule has 0 aromatic carbocycles. The Bertz CT molecular complexity index is 598. The SMILES string of the molecule is CCC(=O)CCCCCCOC(=O)C(C)CCNC(=O)NC12CC3CC(CC(C3)C1)C2. The summed E-state index contributed by atoms with van der Waals surface area (Å²) in [5.74, 6) is 2.33. The van der Waals surface area contributed by atoms with Gasteiger partial charge in [0.15, 0.2) is 0 Å². The molecule has 4 bridgehead atoms. The average molecular weight is 435 g/mol. The Hall–Kier alpha value is -1.59. The van der Waals surface area contributed by atoms with Gasteiger partial charge in [0.1, 0.15) is 5.78 Å². The lowest BCUT2D eigenvalue weighted by molar-refractivity contribution is -0.148. The molecule has 0 spiro atoms. The van der Waals surface area contributed by atoms with Crippen LogP contribution in [-0.2, 0) is 14.3 Å². The van der Waals surface area contributed by atoms with Crippen molar-refractivity contribution in [2.24, 2.45) is 23.7 Å². The minimum Gasteiger partial charge on any atom is -0.465 e. The maximum atomic E-state index is 12.5. The van der Waals surface area contributed by atoms with Crippen LogP contribution in [0.4, 0.5) is 4.79 Å². The molecule has 0 aromatic heterocycles. The molecular weight excluding hydrogens is 392 g/mol. The second kappa shape index (κ2) is 11.3. The van der Waals surface area contributed by atoms with Crippen molar-refractivity contribution in [1.29, 1.82) is 0 Å². The van der Waals surface area contributed by atoms with Crippen LogP contribution < -0.4 is 10.6 Å². The highest BCUT2D eigenvalue weighted by atomic mass is 16.5. The zero-order valence-corrected chi connectivity index (χ0v) is 19.5. The third-order valence-corrected chi connectivity index (χ3v) is 7.67. The number of urea groups is 1. The highest BCUT2D eigenvalue weighted by Crippen LogP contribution is 2.55. The zero-order valence-electron chi connectivity index (χ0n) is 19.5. The third-order valence-electron chi connectivity index (χ3n) is 7.67. The van der Waals surface area contributed by atoms with E-state index in [-0.39, 0.29) is 23.5 Å². The van der Waals surface area contributed by atoms with E-state index in [9.17, 15) is 14.4 Å². The lowest BCUT2D eigenvalue weighted by Crippen LogP contribution is -2.61. The minimum atomic E-state index is -0.220. The fourth-order valence-corrected chi connectivity index (χ4v) is 6.34. The normalized spacial score (nSPS) is 29.4. The molecule has 4 aliphatic rings. The summed E-state index contributed by atoms with van der Waals surface area (Å²) >= 11 is 0. The average Bonchev–Trinajstić information content (AvgIpc) is 2.71. The first-order chi connectivity index (χ1) is 14.9. The summed E-state index contributed by atoms with van der Waals surface area (Å²) in [5.41, 5.74) is 0.0210. The lowest BCUT2D eigenvalue weighted by atomic mass is 9.53. The van der Waals surface area contributed by atoms with Gasteiger partial charge in [-0.2, -0.15) is 0 Å². The van der Waals surface area contributed by atoms with E-state index in [4.69, 9.17) is 4.74 Å². The van der Waals surface area contributed by atoms with Crippen LogP contribution in [0.1, 0.15) is 97.3 Å². The van der Waals surface area contributed by atoms with E-state index in [0.717, 1.165) is 62.7 Å². The van der Waals surface area contributed by atoms with Crippen molar-refractivity contribution < 1.29 is 19.1 Å². The summed E-state index contributed by atoms with van der Waals surface area (Å²) in [6.45, 7) is 4.68. The third kappa shape index (κ3) is 7.21. The predicted molar refractivity (Wildman–Crippen MR) is 121 cm³/mol. The summed E-state index contributed by atoms with van der Waals surface area (Å²) in [4.78, 5) is 35.9. The Morgan fingerprint density at radius 2 is 1.58 bits per heavy atom. The molecule has 176 valence electrons. The smallest absolute Gasteiger partial charge is 0.315 e. The second-order valence-electron chi connectivity index (χ2n) is 10.5. The van der Waals surface area contributed by atoms with Crippen LogP contribution in [0.3, 0.4) is 0 Å². The lowest BCUT2D eigenvalue weighted by Gasteiger charge is -2.56. The van der Waals surface area contributed by atoms with Crippen LogP contribution in [-0.4, -0.2) is 36.5 Å². The molecule has 6 heteroatoms. The molecule has 0 saturated heterocycles. The molecule has 4 aliphatic carbocycles. The molecule has 0 radical (unpaired) electrons. The van der Waals surface area contributed by atoms with Gasteiger partial charge in [0.05, 0.1) is 12.5 Å². The van der Waals surface area contributed by atoms with Crippen molar-refractivity contribution >= 4 is 17.8 Å². The highest BCUT2D eigenvalue weighted by Gasteiger charge is 2.51. The number of carbonyl (C=O) groups excluding carboxylic acids is 3. The first-order valence-corrected chi connectivity index (χ1v) is 12.6. The summed E-state index contributed by atoms with van der Waals surface area (Å²) in [5, 5.41) is 6.27. The Morgan fingerprint density at radius 1 is 0.968 bits per heavy atom. The quantitative estimate of drug-likeness (QED) is 0.323. The number of hydrogen-bond donors (Lipinski definition) is 2. The summed E-state index contributed by atoms with van der Waals surface area (Å²) in [7, 11) is 0. The van der Waals surface area contributed by atoms with Gasteiger partial charge >= 0.3 is 12.0 Å². The van der Waals surface area contributed by atoms with Crippen molar-refractivity contribution in [3.8, 4) is 0 Å². The molecular formula is C25H42N2O4. The van der Waals surface area contributed by atoms with E-state index >= 15 is 0 Å². The van der Waals surface area contributed by atoms with Crippen molar-refractivity contribution in [1.82, 2.24) is 10.6 Å². The van der Waals surface area contributed by atoms with Crippen molar-refractivity contribution in [2.75, 3.05) is 13.2 Å². The predicted octanol–water partition coefficient (Wildman–Crippen LogP) is 4.75. The number of ether oxygens (including phenoxy) is 1. The second-order valence-corrected chi connectivity index (χ2v) is 10.5. The molecule has 0 aliphatic heterocycles. The van der Waals surface area contributed by atoms with Crippen molar-refractivity contribution in [3.63, 3.8) is 0 Å². The van der Waals surface area contributed by atoms with Gasteiger partial charge in [-0.25, -0.2) is 4.79 Å². The maximum Gasteiger partial charge on any atom is 0.315 e. The molecule has 6 nitrogen and oxygen atoms in total. The van der Waals surface area contributed by atoms with Crippen LogP contribution in [0.15, 0.2) is 0 Å². The Labute approximate surface area is 187 Å².